The summed E-state index contributed by atoms with van der Waals surface area (Å²) < 4.78 is 10.9. The molecule has 1 heterocycles. The Labute approximate surface area is 106 Å². The normalized spacial score (nSPS) is 17.1. The van der Waals surface area contributed by atoms with E-state index in [0.29, 0.717) is 5.90 Å². The van der Waals surface area contributed by atoms with Crippen molar-refractivity contribution in [2.45, 2.75) is 26.5 Å². The molecule has 1 aliphatic rings. The van der Waals surface area contributed by atoms with Crippen LogP contribution in [-0.4, -0.2) is 29.6 Å². The van der Waals surface area contributed by atoms with Gasteiger partial charge < -0.3 is 9.47 Å². The van der Waals surface area contributed by atoms with E-state index in [9.17, 15) is 4.79 Å². The smallest absolute Gasteiger partial charge is 0.243 e. The van der Waals surface area contributed by atoms with Crippen LogP contribution < -0.4 is 4.74 Å². The number of hydrogen-bond donors (Lipinski definition) is 0. The number of rotatable bonds is 2. The van der Waals surface area contributed by atoms with Gasteiger partial charge in [-0.3, -0.25) is 4.79 Å². The quantitative estimate of drug-likeness (QED) is 0.804. The van der Waals surface area contributed by atoms with E-state index in [4.69, 9.17) is 9.47 Å². The number of hydrogen-bond acceptors (Lipinski definition) is 4. The Morgan fingerprint density at radius 2 is 2.17 bits per heavy atom. The second-order valence-electron chi connectivity index (χ2n) is 4.52. The van der Waals surface area contributed by atoms with Crippen molar-refractivity contribution < 1.29 is 14.3 Å². The van der Waals surface area contributed by atoms with E-state index in [2.05, 4.69) is 5.10 Å². The third kappa shape index (κ3) is 2.16. The van der Waals surface area contributed by atoms with Crippen LogP contribution >= 0.6 is 0 Å². The van der Waals surface area contributed by atoms with Crippen molar-refractivity contribution in [3.8, 4) is 5.75 Å². The Balaban J connectivity index is 2.35. The maximum absolute atomic E-state index is 11.5. The summed E-state index contributed by atoms with van der Waals surface area (Å²) in [5, 5.41) is 5.54. The van der Waals surface area contributed by atoms with E-state index < -0.39 is 5.72 Å². The van der Waals surface area contributed by atoms with Gasteiger partial charge in [-0.05, 0) is 32.0 Å². The van der Waals surface area contributed by atoms with Gasteiger partial charge in [0.25, 0.3) is 0 Å². The molecule has 0 N–H and O–H groups in total. The maximum atomic E-state index is 11.5. The van der Waals surface area contributed by atoms with E-state index >= 15 is 0 Å². The molecular weight excluding hydrogens is 232 g/mol. The summed E-state index contributed by atoms with van der Waals surface area (Å²) in [5.74, 6) is 0.991. The molecule has 18 heavy (non-hydrogen) atoms. The summed E-state index contributed by atoms with van der Waals surface area (Å²) in [4.78, 5) is 11.5. The topological polar surface area (TPSA) is 51.1 Å². The van der Waals surface area contributed by atoms with Gasteiger partial charge in [0, 0.05) is 12.5 Å². The Morgan fingerprint density at radius 1 is 1.44 bits per heavy atom. The number of amides is 1. The number of methoxy groups -OCH3 is 1. The first-order chi connectivity index (χ1) is 8.44. The molecule has 1 amide bonds. The number of nitrogens with zero attached hydrogens (tertiary/aromatic N) is 2. The van der Waals surface area contributed by atoms with Crippen molar-refractivity contribution in [1.29, 1.82) is 0 Å². The van der Waals surface area contributed by atoms with Gasteiger partial charge in [-0.1, -0.05) is 6.07 Å². The summed E-state index contributed by atoms with van der Waals surface area (Å²) in [6.45, 7) is 5.05. The molecule has 96 valence electrons. The zero-order valence-corrected chi connectivity index (χ0v) is 10.9. The van der Waals surface area contributed by atoms with Crippen LogP contribution in [0.15, 0.2) is 29.4 Å². The molecule has 0 saturated heterocycles. The predicted molar refractivity (Wildman–Crippen MR) is 67.2 cm³/mol. The fourth-order valence-corrected chi connectivity index (χ4v) is 1.83. The van der Waals surface area contributed by atoms with Crippen LogP contribution in [-0.2, 0) is 9.53 Å². The van der Waals surface area contributed by atoms with E-state index in [1.165, 1.54) is 11.9 Å². The van der Waals surface area contributed by atoms with E-state index in [-0.39, 0.29) is 5.91 Å². The molecule has 5 heteroatoms. The minimum absolute atomic E-state index is 0.155. The van der Waals surface area contributed by atoms with Crippen molar-refractivity contribution in [2.24, 2.45) is 5.10 Å². The average Bonchev–Trinajstić information content (AvgIpc) is 2.65. The molecule has 0 fully saturated rings. The molecule has 0 spiro atoms. The molecule has 0 unspecified atom stereocenters. The fraction of sp³-hybridized carbons (Fsp3) is 0.385. The molecule has 1 aliphatic heterocycles. The summed E-state index contributed by atoms with van der Waals surface area (Å²) in [7, 11) is 1.60. The van der Waals surface area contributed by atoms with Gasteiger partial charge in [0.15, 0.2) is 0 Å². The number of ether oxygens (including phenoxy) is 2. The fourth-order valence-electron chi connectivity index (χ4n) is 1.83. The Hall–Kier alpha value is -2.04. The van der Waals surface area contributed by atoms with Gasteiger partial charge >= 0.3 is 0 Å². The third-order valence-corrected chi connectivity index (χ3v) is 2.66. The maximum Gasteiger partial charge on any atom is 0.243 e. The van der Waals surface area contributed by atoms with Gasteiger partial charge in [0.2, 0.25) is 17.5 Å². The van der Waals surface area contributed by atoms with Crippen LogP contribution in [0, 0.1) is 0 Å². The van der Waals surface area contributed by atoms with Crippen molar-refractivity contribution in [3.05, 3.63) is 29.8 Å². The molecule has 0 atom stereocenters. The molecule has 0 saturated carbocycles. The SMILES string of the molecule is COc1cccc(C2=NN(C(C)=O)C(C)(C)O2)c1. The zero-order chi connectivity index (χ0) is 13.3. The number of carbonyl (C=O) groups is 1. The Bertz CT molecular complexity index is 509. The van der Waals surface area contributed by atoms with Gasteiger partial charge in [0.1, 0.15) is 5.75 Å². The first-order valence-electron chi connectivity index (χ1n) is 5.67. The summed E-state index contributed by atoms with van der Waals surface area (Å²) >= 11 is 0. The Kier molecular flexibility index (Phi) is 2.98. The highest BCUT2D eigenvalue weighted by atomic mass is 16.6. The molecule has 0 radical (unpaired) electrons. The standard InChI is InChI=1S/C13H16N2O3/c1-9(16)15-13(2,3)18-12(14-15)10-6-5-7-11(8-10)17-4/h5-8H,1-4H3. The third-order valence-electron chi connectivity index (χ3n) is 2.66. The van der Waals surface area contributed by atoms with Crippen LogP contribution in [0.3, 0.4) is 0 Å². The van der Waals surface area contributed by atoms with Crippen LogP contribution in [0.4, 0.5) is 0 Å². The van der Waals surface area contributed by atoms with Crippen LogP contribution in [0.25, 0.3) is 0 Å². The van der Waals surface area contributed by atoms with E-state index in [1.54, 1.807) is 21.0 Å². The first kappa shape index (κ1) is 12.4. The second kappa shape index (κ2) is 4.33. The van der Waals surface area contributed by atoms with Crippen LogP contribution in [0.1, 0.15) is 26.3 Å². The van der Waals surface area contributed by atoms with Gasteiger partial charge in [-0.2, -0.15) is 5.01 Å². The molecule has 1 aromatic carbocycles. The summed E-state index contributed by atoms with van der Waals surface area (Å²) in [6, 6.07) is 7.37. The molecule has 0 bridgehead atoms. The van der Waals surface area contributed by atoms with Crippen molar-refractivity contribution >= 4 is 11.8 Å². The predicted octanol–water partition coefficient (Wildman–Crippen LogP) is 1.97. The minimum atomic E-state index is -0.760. The van der Waals surface area contributed by atoms with E-state index in [0.717, 1.165) is 11.3 Å². The largest absolute Gasteiger partial charge is 0.497 e. The van der Waals surface area contributed by atoms with Gasteiger partial charge in [0.05, 0.1) is 7.11 Å². The highest BCUT2D eigenvalue weighted by molar-refractivity contribution is 5.96. The van der Waals surface area contributed by atoms with Gasteiger partial charge in [-0.15, -0.1) is 5.10 Å². The highest BCUT2D eigenvalue weighted by Gasteiger charge is 2.38. The van der Waals surface area contributed by atoms with Crippen LogP contribution in [0.2, 0.25) is 0 Å². The zero-order valence-electron chi connectivity index (χ0n) is 10.9. The average molecular weight is 248 g/mol. The Morgan fingerprint density at radius 3 is 2.72 bits per heavy atom. The lowest BCUT2D eigenvalue weighted by Crippen LogP contribution is -2.41. The number of hydrazone groups is 1. The molecule has 1 aromatic rings. The lowest BCUT2D eigenvalue weighted by Gasteiger charge is -2.25. The molecular formula is C13H16N2O3. The minimum Gasteiger partial charge on any atom is -0.497 e. The summed E-state index contributed by atoms with van der Waals surface area (Å²) in [5.41, 5.74) is 0.0238. The summed E-state index contributed by atoms with van der Waals surface area (Å²) in [6.07, 6.45) is 0. The molecule has 0 aromatic heterocycles. The monoisotopic (exact) mass is 248 g/mol. The van der Waals surface area contributed by atoms with Crippen molar-refractivity contribution in [3.63, 3.8) is 0 Å². The van der Waals surface area contributed by atoms with Crippen molar-refractivity contribution in [2.75, 3.05) is 7.11 Å². The molecule has 2 rings (SSSR count). The lowest BCUT2D eigenvalue weighted by molar-refractivity contribution is -0.142. The molecule has 5 nitrogen and oxygen atoms in total. The highest BCUT2D eigenvalue weighted by Crippen LogP contribution is 2.27. The van der Waals surface area contributed by atoms with Crippen LogP contribution in [0.5, 0.6) is 5.75 Å². The number of carbonyl (C=O) groups excluding carboxylic acids is 1. The van der Waals surface area contributed by atoms with E-state index in [1.807, 2.05) is 24.3 Å². The van der Waals surface area contributed by atoms with Gasteiger partial charge in [-0.25, -0.2) is 0 Å². The second-order valence-corrected chi connectivity index (χ2v) is 4.52. The number of benzene rings is 1. The molecule has 0 aliphatic carbocycles. The van der Waals surface area contributed by atoms with Crippen molar-refractivity contribution in [1.82, 2.24) is 5.01 Å². The lowest BCUT2D eigenvalue weighted by atomic mass is 10.2. The first-order valence-corrected chi connectivity index (χ1v) is 5.67.